The molecule has 6 nitrogen and oxygen atoms in total. The number of carbonyl (C=O) groups excluding carboxylic acids is 1. The highest BCUT2D eigenvalue weighted by Gasteiger charge is 2.53. The van der Waals surface area contributed by atoms with E-state index in [2.05, 4.69) is 5.32 Å². The lowest BCUT2D eigenvalue weighted by molar-refractivity contribution is -0.145. The molecule has 2 aliphatic heterocycles. The minimum atomic E-state index is -1.02. The Hall–Kier alpha value is -2.34. The zero-order valence-electron chi connectivity index (χ0n) is 12.1. The van der Waals surface area contributed by atoms with Crippen molar-refractivity contribution in [2.75, 3.05) is 11.9 Å². The van der Waals surface area contributed by atoms with E-state index in [1.54, 1.807) is 30.4 Å². The van der Waals surface area contributed by atoms with Crippen molar-refractivity contribution in [1.29, 1.82) is 0 Å². The summed E-state index contributed by atoms with van der Waals surface area (Å²) in [6.07, 6.45) is 2.45. The zero-order chi connectivity index (χ0) is 15.7. The van der Waals surface area contributed by atoms with Gasteiger partial charge in [0.15, 0.2) is 0 Å². The van der Waals surface area contributed by atoms with Gasteiger partial charge in [-0.05, 0) is 19.1 Å². The molecule has 1 aromatic rings. The molecular weight excluding hydrogens is 286 g/mol. The molecule has 22 heavy (non-hydrogen) atoms. The second kappa shape index (κ2) is 5.81. The van der Waals surface area contributed by atoms with E-state index in [1.165, 1.54) is 0 Å². The van der Waals surface area contributed by atoms with Crippen molar-refractivity contribution in [3.05, 3.63) is 36.4 Å². The van der Waals surface area contributed by atoms with Crippen molar-refractivity contribution < 1.29 is 24.2 Å². The minimum absolute atomic E-state index is 0.364. The van der Waals surface area contributed by atoms with Gasteiger partial charge in [0.25, 0.3) is 0 Å². The summed E-state index contributed by atoms with van der Waals surface area (Å²) < 4.78 is 11.0. The summed E-state index contributed by atoms with van der Waals surface area (Å²) in [7, 11) is 0. The maximum atomic E-state index is 12.5. The van der Waals surface area contributed by atoms with Crippen LogP contribution >= 0.6 is 0 Å². The van der Waals surface area contributed by atoms with Gasteiger partial charge < -0.3 is 19.9 Å². The van der Waals surface area contributed by atoms with Crippen LogP contribution in [0.2, 0.25) is 0 Å². The molecule has 0 aromatic heterocycles. The van der Waals surface area contributed by atoms with Crippen LogP contribution in [0.3, 0.4) is 0 Å². The van der Waals surface area contributed by atoms with Gasteiger partial charge in [-0.1, -0.05) is 24.3 Å². The van der Waals surface area contributed by atoms with Crippen LogP contribution in [-0.2, 0) is 14.3 Å². The third-order valence-corrected chi connectivity index (χ3v) is 3.93. The van der Waals surface area contributed by atoms with E-state index in [-0.39, 0.29) is 5.91 Å². The van der Waals surface area contributed by atoms with E-state index in [4.69, 9.17) is 9.47 Å². The topological polar surface area (TPSA) is 84.9 Å². The maximum Gasteiger partial charge on any atom is 0.310 e. The molecule has 2 N–H and O–H groups in total. The molecule has 1 saturated heterocycles. The summed E-state index contributed by atoms with van der Waals surface area (Å²) in [5, 5.41) is 12.1. The molecule has 2 bridgehead atoms. The van der Waals surface area contributed by atoms with E-state index < -0.39 is 30.0 Å². The van der Waals surface area contributed by atoms with Gasteiger partial charge >= 0.3 is 5.97 Å². The van der Waals surface area contributed by atoms with Crippen molar-refractivity contribution in [2.45, 2.75) is 19.1 Å². The van der Waals surface area contributed by atoms with Crippen LogP contribution in [0.1, 0.15) is 6.92 Å². The summed E-state index contributed by atoms with van der Waals surface area (Å²) in [4.78, 5) is 23.9. The van der Waals surface area contributed by atoms with Crippen LogP contribution in [0.25, 0.3) is 0 Å². The molecule has 4 atom stereocenters. The van der Waals surface area contributed by atoms with Crippen molar-refractivity contribution in [2.24, 2.45) is 11.8 Å². The van der Waals surface area contributed by atoms with Gasteiger partial charge in [0.1, 0.15) is 11.7 Å². The van der Waals surface area contributed by atoms with E-state index >= 15 is 0 Å². The van der Waals surface area contributed by atoms with Gasteiger partial charge in [-0.25, -0.2) is 0 Å². The Kier molecular flexibility index (Phi) is 3.85. The minimum Gasteiger partial charge on any atom is -0.492 e. The Morgan fingerprint density at radius 1 is 1.23 bits per heavy atom. The molecule has 116 valence electrons. The first kappa shape index (κ1) is 14.6. The Morgan fingerprint density at radius 3 is 2.59 bits per heavy atom. The Labute approximate surface area is 127 Å². The van der Waals surface area contributed by atoms with Crippen molar-refractivity contribution in [1.82, 2.24) is 0 Å². The highest BCUT2D eigenvalue weighted by atomic mass is 16.5. The quantitative estimate of drug-likeness (QED) is 0.808. The van der Waals surface area contributed by atoms with Gasteiger partial charge in [0.05, 0.1) is 30.4 Å². The summed E-state index contributed by atoms with van der Waals surface area (Å²) in [6, 6.07) is 7.07. The maximum absolute atomic E-state index is 12.5. The molecule has 6 heteroatoms. The van der Waals surface area contributed by atoms with Crippen LogP contribution in [0.4, 0.5) is 5.69 Å². The second-order valence-corrected chi connectivity index (χ2v) is 5.26. The number of carboxylic acid groups (broad SMARTS) is 1. The number of hydrogen-bond acceptors (Lipinski definition) is 4. The summed E-state index contributed by atoms with van der Waals surface area (Å²) in [5.41, 5.74) is 0.533. The first-order valence-electron chi connectivity index (χ1n) is 7.21. The average molecular weight is 303 g/mol. The zero-order valence-corrected chi connectivity index (χ0v) is 12.1. The van der Waals surface area contributed by atoms with E-state index in [0.29, 0.717) is 18.0 Å². The van der Waals surface area contributed by atoms with Gasteiger partial charge in [-0.2, -0.15) is 0 Å². The number of fused-ring (bicyclic) bond motifs is 2. The molecule has 1 amide bonds. The molecule has 2 heterocycles. The van der Waals surface area contributed by atoms with Crippen LogP contribution in [0.15, 0.2) is 36.4 Å². The van der Waals surface area contributed by atoms with E-state index in [9.17, 15) is 14.7 Å². The van der Waals surface area contributed by atoms with Gasteiger partial charge in [0.2, 0.25) is 5.91 Å². The molecule has 0 aliphatic carbocycles. The van der Waals surface area contributed by atoms with Crippen LogP contribution < -0.4 is 10.1 Å². The predicted octanol–water partition coefficient (Wildman–Crippen LogP) is 1.68. The van der Waals surface area contributed by atoms with E-state index in [0.717, 1.165) is 0 Å². The summed E-state index contributed by atoms with van der Waals surface area (Å²) >= 11 is 0. The fraction of sp³-hybridized carbons (Fsp3) is 0.375. The van der Waals surface area contributed by atoms with Crippen molar-refractivity contribution >= 4 is 17.6 Å². The normalized spacial score (nSPS) is 28.6. The van der Waals surface area contributed by atoms with Crippen LogP contribution in [0.5, 0.6) is 5.75 Å². The first-order chi connectivity index (χ1) is 10.6. The molecule has 0 spiro atoms. The Bertz CT molecular complexity index is 627. The molecule has 1 fully saturated rings. The number of nitrogens with one attached hydrogen (secondary N) is 1. The number of hydrogen-bond donors (Lipinski definition) is 2. The molecule has 3 rings (SSSR count). The van der Waals surface area contributed by atoms with Crippen molar-refractivity contribution in [3.8, 4) is 5.75 Å². The smallest absolute Gasteiger partial charge is 0.310 e. The summed E-state index contributed by atoms with van der Waals surface area (Å²) in [6.45, 7) is 2.33. The molecule has 0 saturated carbocycles. The molecule has 1 aromatic carbocycles. The lowest BCUT2D eigenvalue weighted by atomic mass is 9.82. The standard InChI is InChI=1S/C16H17NO5/c1-2-21-10-6-4-3-5-9(10)17-15(18)13-11-7-8-12(22-11)14(13)16(19)20/h3-8,11-14H,2H2,1H3,(H,17,18)(H,19,20)/t11-,12+,13+,14-/m0/s1. The monoisotopic (exact) mass is 303 g/mol. The third kappa shape index (κ3) is 2.46. The lowest BCUT2D eigenvalue weighted by Gasteiger charge is -2.21. The number of amides is 1. The number of para-hydroxylation sites is 2. The average Bonchev–Trinajstić information content (AvgIpc) is 3.10. The fourth-order valence-electron chi connectivity index (χ4n) is 2.98. The van der Waals surface area contributed by atoms with Gasteiger partial charge in [-0.15, -0.1) is 0 Å². The number of anilines is 1. The van der Waals surface area contributed by atoms with Gasteiger partial charge in [-0.3, -0.25) is 9.59 Å². The largest absolute Gasteiger partial charge is 0.492 e. The van der Waals surface area contributed by atoms with E-state index in [1.807, 2.05) is 13.0 Å². The number of rotatable bonds is 5. The predicted molar refractivity (Wildman–Crippen MR) is 78.7 cm³/mol. The first-order valence-corrected chi connectivity index (χ1v) is 7.21. The number of ether oxygens (including phenoxy) is 2. The Morgan fingerprint density at radius 2 is 1.91 bits per heavy atom. The van der Waals surface area contributed by atoms with Crippen molar-refractivity contribution in [3.63, 3.8) is 0 Å². The fourth-order valence-corrected chi connectivity index (χ4v) is 2.98. The SMILES string of the molecule is CCOc1ccccc1NC(=O)[C@H]1[C@@H](C(=O)O)[C@H]2C=C[C@@H]1O2. The second-order valence-electron chi connectivity index (χ2n) is 5.26. The lowest BCUT2D eigenvalue weighted by Crippen LogP contribution is -2.39. The number of carbonyl (C=O) groups is 2. The highest BCUT2D eigenvalue weighted by Crippen LogP contribution is 2.40. The van der Waals surface area contributed by atoms with Crippen LogP contribution in [0, 0.1) is 11.8 Å². The highest BCUT2D eigenvalue weighted by molar-refractivity contribution is 5.97. The third-order valence-electron chi connectivity index (χ3n) is 3.93. The Balaban J connectivity index is 1.80. The molecule has 0 unspecified atom stereocenters. The molecule has 2 aliphatic rings. The summed E-state index contributed by atoms with van der Waals surface area (Å²) in [5.74, 6) is -2.41. The number of carboxylic acids is 1. The number of benzene rings is 1. The number of aliphatic carboxylic acids is 1. The molecular formula is C16H17NO5. The van der Waals surface area contributed by atoms with Crippen LogP contribution in [-0.4, -0.2) is 35.8 Å². The molecule has 0 radical (unpaired) electrons. The van der Waals surface area contributed by atoms with Gasteiger partial charge in [0, 0.05) is 0 Å².